The molecule has 0 bridgehead atoms. The monoisotopic (exact) mass is 331 g/mol. The smallest absolute Gasteiger partial charge is 0.255 e. The van der Waals surface area contributed by atoms with E-state index in [0.717, 1.165) is 5.56 Å². The second-order valence-electron chi connectivity index (χ2n) is 5.10. The van der Waals surface area contributed by atoms with Crippen LogP contribution in [0.25, 0.3) is 0 Å². The highest BCUT2D eigenvalue weighted by atomic mass is 35.5. The van der Waals surface area contributed by atoms with Gasteiger partial charge in [-0.2, -0.15) is 0 Å². The van der Waals surface area contributed by atoms with Crippen molar-refractivity contribution in [1.82, 2.24) is 0 Å². The summed E-state index contributed by atoms with van der Waals surface area (Å²) in [5, 5.41) is 5.95. The molecule has 2 rings (SSSR count). The molecule has 0 atom stereocenters. The van der Waals surface area contributed by atoms with Crippen molar-refractivity contribution in [2.45, 2.75) is 13.3 Å². The van der Waals surface area contributed by atoms with E-state index in [9.17, 15) is 9.59 Å². The molecule has 2 amide bonds. The van der Waals surface area contributed by atoms with Gasteiger partial charge in [-0.3, -0.25) is 9.59 Å². The van der Waals surface area contributed by atoms with E-state index >= 15 is 0 Å². The third-order valence-electron chi connectivity index (χ3n) is 3.16. The first-order valence-electron chi connectivity index (χ1n) is 7.17. The van der Waals surface area contributed by atoms with Crippen LogP contribution in [-0.4, -0.2) is 18.4 Å². The van der Waals surface area contributed by atoms with E-state index in [4.69, 9.17) is 17.3 Å². The van der Waals surface area contributed by atoms with Crippen LogP contribution in [0.4, 0.5) is 11.4 Å². The predicted octanol–water partition coefficient (Wildman–Crippen LogP) is 3.19. The molecule has 0 saturated heterocycles. The zero-order valence-corrected chi connectivity index (χ0v) is 13.5. The molecule has 6 heteroatoms. The molecule has 0 aliphatic heterocycles. The number of nitrogens with one attached hydrogen (secondary N) is 2. The van der Waals surface area contributed by atoms with Gasteiger partial charge in [0.25, 0.3) is 5.91 Å². The van der Waals surface area contributed by atoms with Gasteiger partial charge >= 0.3 is 0 Å². The van der Waals surface area contributed by atoms with Gasteiger partial charge in [0.15, 0.2) is 0 Å². The van der Waals surface area contributed by atoms with E-state index in [0.29, 0.717) is 22.0 Å². The molecule has 23 heavy (non-hydrogen) atoms. The molecule has 0 fully saturated rings. The number of carbonyl (C=O) groups excluding carboxylic acids is 2. The molecule has 0 saturated carbocycles. The summed E-state index contributed by atoms with van der Waals surface area (Å²) in [6.07, 6.45) is 0.192. The van der Waals surface area contributed by atoms with Crippen LogP contribution in [0, 0.1) is 6.92 Å². The Labute approximate surface area is 139 Å². The van der Waals surface area contributed by atoms with E-state index in [1.165, 1.54) is 0 Å². The Hall–Kier alpha value is -2.37. The summed E-state index contributed by atoms with van der Waals surface area (Å²) in [5.41, 5.74) is 7.82. The lowest BCUT2D eigenvalue weighted by molar-refractivity contribution is -0.116. The van der Waals surface area contributed by atoms with Gasteiger partial charge in [-0.25, -0.2) is 0 Å². The maximum atomic E-state index is 12.3. The van der Waals surface area contributed by atoms with Gasteiger partial charge in [-0.1, -0.05) is 29.3 Å². The number of aryl methyl sites for hydroxylation is 1. The number of carbonyl (C=O) groups is 2. The fourth-order valence-corrected chi connectivity index (χ4v) is 2.23. The number of hydrogen-bond donors (Lipinski definition) is 3. The average Bonchev–Trinajstić information content (AvgIpc) is 2.50. The minimum absolute atomic E-state index is 0.192. The SMILES string of the molecule is Cc1cccc(C(=O)Nc2ccc(Cl)cc2NC(=O)CCN)c1. The van der Waals surface area contributed by atoms with Crippen molar-refractivity contribution in [2.75, 3.05) is 17.2 Å². The van der Waals surface area contributed by atoms with Crippen LogP contribution in [0.5, 0.6) is 0 Å². The first kappa shape index (κ1) is 17.0. The maximum absolute atomic E-state index is 12.3. The molecule has 2 aromatic carbocycles. The largest absolute Gasteiger partial charge is 0.330 e. The molecule has 4 N–H and O–H groups in total. The van der Waals surface area contributed by atoms with Crippen LogP contribution in [0.1, 0.15) is 22.3 Å². The van der Waals surface area contributed by atoms with Crippen molar-refractivity contribution < 1.29 is 9.59 Å². The number of benzene rings is 2. The summed E-state index contributed by atoms with van der Waals surface area (Å²) in [6, 6.07) is 12.1. The van der Waals surface area contributed by atoms with Crippen molar-refractivity contribution in [3.8, 4) is 0 Å². The number of anilines is 2. The first-order valence-corrected chi connectivity index (χ1v) is 7.55. The van der Waals surface area contributed by atoms with E-state index in [1.807, 2.05) is 19.1 Å². The molecule has 0 aliphatic carbocycles. The Kier molecular flexibility index (Phi) is 5.73. The lowest BCUT2D eigenvalue weighted by Crippen LogP contribution is -2.19. The molecule has 5 nitrogen and oxygen atoms in total. The lowest BCUT2D eigenvalue weighted by atomic mass is 10.1. The summed E-state index contributed by atoms with van der Waals surface area (Å²) >= 11 is 5.96. The molecular weight excluding hydrogens is 314 g/mol. The quantitative estimate of drug-likeness (QED) is 0.786. The van der Waals surface area contributed by atoms with Crippen molar-refractivity contribution >= 4 is 34.8 Å². The zero-order valence-electron chi connectivity index (χ0n) is 12.7. The molecule has 120 valence electrons. The number of rotatable bonds is 5. The topological polar surface area (TPSA) is 84.2 Å². The molecule has 0 aromatic heterocycles. The van der Waals surface area contributed by atoms with Crippen LogP contribution in [0.15, 0.2) is 42.5 Å². The number of hydrogen-bond acceptors (Lipinski definition) is 3. The third-order valence-corrected chi connectivity index (χ3v) is 3.39. The minimum atomic E-state index is -0.259. The van der Waals surface area contributed by atoms with Crippen molar-refractivity contribution in [3.63, 3.8) is 0 Å². The van der Waals surface area contributed by atoms with Gasteiger partial charge in [0.1, 0.15) is 0 Å². The summed E-state index contributed by atoms with van der Waals surface area (Å²) in [6.45, 7) is 2.16. The Bertz CT molecular complexity index is 732. The predicted molar refractivity (Wildman–Crippen MR) is 92.9 cm³/mol. The highest BCUT2D eigenvalue weighted by Crippen LogP contribution is 2.26. The molecule has 0 unspecified atom stereocenters. The van der Waals surface area contributed by atoms with Crippen LogP contribution in [-0.2, 0) is 4.79 Å². The fraction of sp³-hybridized carbons (Fsp3) is 0.176. The molecule has 0 aliphatic rings. The Balaban J connectivity index is 2.22. The molecule has 0 heterocycles. The minimum Gasteiger partial charge on any atom is -0.330 e. The fourth-order valence-electron chi connectivity index (χ4n) is 2.05. The van der Waals surface area contributed by atoms with E-state index in [1.54, 1.807) is 30.3 Å². The van der Waals surface area contributed by atoms with E-state index in [2.05, 4.69) is 10.6 Å². The van der Waals surface area contributed by atoms with Crippen molar-refractivity contribution in [2.24, 2.45) is 5.73 Å². The van der Waals surface area contributed by atoms with E-state index < -0.39 is 0 Å². The second-order valence-corrected chi connectivity index (χ2v) is 5.54. The molecule has 2 aromatic rings. The molecule has 0 radical (unpaired) electrons. The number of amides is 2. The summed E-state index contributed by atoms with van der Waals surface area (Å²) in [4.78, 5) is 24.1. The highest BCUT2D eigenvalue weighted by molar-refractivity contribution is 6.31. The zero-order chi connectivity index (χ0) is 16.8. The number of halogens is 1. The third kappa shape index (κ3) is 4.81. The van der Waals surface area contributed by atoms with Crippen LogP contribution >= 0.6 is 11.6 Å². The van der Waals surface area contributed by atoms with Gasteiger partial charge in [0.05, 0.1) is 11.4 Å². The van der Waals surface area contributed by atoms with Crippen molar-refractivity contribution in [1.29, 1.82) is 0 Å². The Morgan fingerprint density at radius 3 is 2.57 bits per heavy atom. The molecular formula is C17H18ClN3O2. The average molecular weight is 332 g/mol. The maximum Gasteiger partial charge on any atom is 0.255 e. The van der Waals surface area contributed by atoms with Crippen molar-refractivity contribution in [3.05, 3.63) is 58.6 Å². The Morgan fingerprint density at radius 2 is 1.87 bits per heavy atom. The van der Waals surface area contributed by atoms with Gasteiger partial charge in [-0.15, -0.1) is 0 Å². The van der Waals surface area contributed by atoms with E-state index in [-0.39, 0.29) is 24.8 Å². The van der Waals surface area contributed by atoms with Gasteiger partial charge in [0, 0.05) is 23.6 Å². The highest BCUT2D eigenvalue weighted by Gasteiger charge is 2.12. The normalized spacial score (nSPS) is 10.2. The summed E-state index contributed by atoms with van der Waals surface area (Å²) in [5.74, 6) is -0.494. The van der Waals surface area contributed by atoms with Crippen LogP contribution in [0.2, 0.25) is 5.02 Å². The first-order chi connectivity index (χ1) is 11.0. The summed E-state index contributed by atoms with van der Waals surface area (Å²) in [7, 11) is 0. The van der Waals surface area contributed by atoms with Gasteiger partial charge in [-0.05, 0) is 37.3 Å². The summed E-state index contributed by atoms with van der Waals surface area (Å²) < 4.78 is 0. The van der Waals surface area contributed by atoms with Crippen LogP contribution in [0.3, 0.4) is 0 Å². The standard InChI is InChI=1S/C17H18ClN3O2/c1-11-3-2-4-12(9-11)17(23)21-14-6-5-13(18)10-15(14)20-16(22)7-8-19/h2-6,9-10H,7-8,19H2,1H3,(H,20,22)(H,21,23). The second kappa shape index (κ2) is 7.76. The number of nitrogens with two attached hydrogens (primary N) is 1. The van der Waals surface area contributed by atoms with Crippen LogP contribution < -0.4 is 16.4 Å². The van der Waals surface area contributed by atoms with Gasteiger partial charge < -0.3 is 16.4 Å². The Morgan fingerprint density at radius 1 is 1.09 bits per heavy atom. The lowest BCUT2D eigenvalue weighted by Gasteiger charge is -2.13. The molecule has 0 spiro atoms. The van der Waals surface area contributed by atoms with Gasteiger partial charge in [0.2, 0.25) is 5.91 Å².